The summed E-state index contributed by atoms with van der Waals surface area (Å²) in [6.45, 7) is 2.68. The van der Waals surface area contributed by atoms with Crippen LogP contribution < -0.4 is 15.2 Å². The summed E-state index contributed by atoms with van der Waals surface area (Å²) >= 11 is 0. The topological polar surface area (TPSA) is 44.5 Å². The van der Waals surface area contributed by atoms with Crippen molar-refractivity contribution in [1.29, 1.82) is 0 Å². The summed E-state index contributed by atoms with van der Waals surface area (Å²) in [5, 5.41) is 0. The van der Waals surface area contributed by atoms with Gasteiger partial charge in [0.1, 0.15) is 13.2 Å². The quantitative estimate of drug-likeness (QED) is 0.850. The molecule has 3 nitrogen and oxygen atoms in total. The van der Waals surface area contributed by atoms with E-state index < -0.39 is 12.1 Å². The van der Waals surface area contributed by atoms with Crippen molar-refractivity contribution in [2.75, 3.05) is 26.4 Å². The van der Waals surface area contributed by atoms with Gasteiger partial charge in [0.2, 0.25) is 0 Å². The highest BCUT2D eigenvalue weighted by atomic mass is 19.1. The van der Waals surface area contributed by atoms with Crippen LogP contribution in [0.3, 0.4) is 0 Å². The van der Waals surface area contributed by atoms with Crippen LogP contribution in [0.4, 0.5) is 4.39 Å². The van der Waals surface area contributed by atoms with Crippen LogP contribution in [0.2, 0.25) is 0 Å². The van der Waals surface area contributed by atoms with E-state index in [-0.39, 0.29) is 6.54 Å². The number of hydrogen-bond donors (Lipinski definition) is 1. The molecule has 1 aliphatic rings. The largest absolute Gasteiger partial charge is 0.486 e. The molecule has 1 heterocycles. The van der Waals surface area contributed by atoms with Gasteiger partial charge in [0.25, 0.3) is 0 Å². The standard InChI is InChI=1S/C12H16FNO2/c1-12(7-13,8-14)9-2-3-10-11(6-9)16-5-4-15-10/h2-3,6H,4-5,7-8,14H2,1H3. The summed E-state index contributed by atoms with van der Waals surface area (Å²) in [5.74, 6) is 1.39. The van der Waals surface area contributed by atoms with Crippen LogP contribution in [0.5, 0.6) is 11.5 Å². The summed E-state index contributed by atoms with van der Waals surface area (Å²) in [7, 11) is 0. The number of alkyl halides is 1. The Labute approximate surface area is 94.3 Å². The average Bonchev–Trinajstić information content (AvgIpc) is 2.37. The van der Waals surface area contributed by atoms with Crippen molar-refractivity contribution in [1.82, 2.24) is 0 Å². The maximum atomic E-state index is 13.0. The Balaban J connectivity index is 2.36. The Morgan fingerprint density at radius 3 is 2.62 bits per heavy atom. The van der Waals surface area contributed by atoms with E-state index >= 15 is 0 Å². The van der Waals surface area contributed by atoms with Gasteiger partial charge in [-0.25, -0.2) is 0 Å². The Morgan fingerprint density at radius 2 is 2.00 bits per heavy atom. The molecule has 1 aromatic carbocycles. The van der Waals surface area contributed by atoms with Gasteiger partial charge in [0, 0.05) is 12.0 Å². The lowest BCUT2D eigenvalue weighted by molar-refractivity contribution is 0.171. The highest BCUT2D eigenvalue weighted by molar-refractivity contribution is 5.46. The molecule has 4 heteroatoms. The zero-order chi connectivity index (χ0) is 11.6. The van der Waals surface area contributed by atoms with Crippen molar-refractivity contribution in [3.8, 4) is 11.5 Å². The van der Waals surface area contributed by atoms with Crippen molar-refractivity contribution in [3.63, 3.8) is 0 Å². The Kier molecular flexibility index (Phi) is 3.01. The molecule has 16 heavy (non-hydrogen) atoms. The molecule has 2 N–H and O–H groups in total. The SMILES string of the molecule is CC(CN)(CF)c1ccc2c(c1)OCCO2. The van der Waals surface area contributed by atoms with E-state index in [9.17, 15) is 4.39 Å². The minimum absolute atomic E-state index is 0.267. The summed E-state index contributed by atoms with van der Waals surface area (Å²) < 4.78 is 23.9. The van der Waals surface area contributed by atoms with Crippen molar-refractivity contribution >= 4 is 0 Å². The Morgan fingerprint density at radius 1 is 1.31 bits per heavy atom. The average molecular weight is 225 g/mol. The molecular weight excluding hydrogens is 209 g/mol. The predicted octanol–water partition coefficient (Wildman–Crippen LogP) is 1.64. The van der Waals surface area contributed by atoms with Gasteiger partial charge < -0.3 is 15.2 Å². The third-order valence-corrected chi connectivity index (χ3v) is 2.98. The molecule has 0 radical (unpaired) electrons. The van der Waals surface area contributed by atoms with Gasteiger partial charge in [-0.3, -0.25) is 4.39 Å². The van der Waals surface area contributed by atoms with E-state index in [4.69, 9.17) is 15.2 Å². The number of fused-ring (bicyclic) bond motifs is 1. The minimum atomic E-state index is -0.643. The molecule has 2 rings (SSSR count). The van der Waals surface area contributed by atoms with Crippen molar-refractivity contribution in [2.45, 2.75) is 12.3 Å². The lowest BCUT2D eigenvalue weighted by atomic mass is 9.84. The fourth-order valence-electron chi connectivity index (χ4n) is 1.67. The van der Waals surface area contributed by atoms with E-state index in [2.05, 4.69) is 0 Å². The molecule has 0 aliphatic carbocycles. The molecule has 0 aromatic heterocycles. The number of nitrogens with two attached hydrogens (primary N) is 1. The van der Waals surface area contributed by atoms with Crippen molar-refractivity contribution in [3.05, 3.63) is 23.8 Å². The molecule has 0 saturated carbocycles. The van der Waals surface area contributed by atoms with Crippen LogP contribution in [0.1, 0.15) is 12.5 Å². The van der Waals surface area contributed by atoms with Crippen molar-refractivity contribution < 1.29 is 13.9 Å². The van der Waals surface area contributed by atoms with Crippen LogP contribution in [0, 0.1) is 0 Å². The number of hydrogen-bond acceptors (Lipinski definition) is 3. The first-order valence-electron chi connectivity index (χ1n) is 5.36. The minimum Gasteiger partial charge on any atom is -0.486 e. The highest BCUT2D eigenvalue weighted by Gasteiger charge is 2.26. The summed E-state index contributed by atoms with van der Waals surface area (Å²) in [6.07, 6.45) is 0. The predicted molar refractivity (Wildman–Crippen MR) is 59.8 cm³/mol. The van der Waals surface area contributed by atoms with Crippen LogP contribution >= 0.6 is 0 Å². The smallest absolute Gasteiger partial charge is 0.161 e. The maximum Gasteiger partial charge on any atom is 0.161 e. The molecule has 88 valence electrons. The van der Waals surface area contributed by atoms with Gasteiger partial charge in [0.15, 0.2) is 11.5 Å². The molecule has 1 aromatic rings. The monoisotopic (exact) mass is 225 g/mol. The lowest BCUT2D eigenvalue weighted by Gasteiger charge is -2.27. The zero-order valence-corrected chi connectivity index (χ0v) is 9.33. The molecule has 0 bridgehead atoms. The molecule has 1 atom stereocenters. The van der Waals surface area contributed by atoms with Crippen LogP contribution in [0.15, 0.2) is 18.2 Å². The maximum absolute atomic E-state index is 13.0. The highest BCUT2D eigenvalue weighted by Crippen LogP contribution is 2.35. The third-order valence-electron chi connectivity index (χ3n) is 2.98. The molecule has 0 spiro atoms. The normalized spacial score (nSPS) is 17.9. The molecule has 0 fully saturated rings. The van der Waals surface area contributed by atoms with E-state index in [1.54, 1.807) is 6.92 Å². The third kappa shape index (κ3) is 1.85. The van der Waals surface area contributed by atoms with Crippen LogP contribution in [0.25, 0.3) is 0 Å². The second-order valence-electron chi connectivity index (χ2n) is 4.26. The van der Waals surface area contributed by atoms with Crippen molar-refractivity contribution in [2.24, 2.45) is 5.73 Å². The molecule has 1 aliphatic heterocycles. The summed E-state index contributed by atoms with van der Waals surface area (Å²) in [5.41, 5.74) is 5.82. The fraction of sp³-hybridized carbons (Fsp3) is 0.500. The second kappa shape index (κ2) is 4.29. The first kappa shape index (κ1) is 11.2. The Hall–Kier alpha value is -1.29. The van der Waals surface area contributed by atoms with E-state index in [1.807, 2.05) is 18.2 Å². The second-order valence-corrected chi connectivity index (χ2v) is 4.26. The van der Waals surface area contributed by atoms with E-state index in [0.717, 1.165) is 5.56 Å². The van der Waals surface area contributed by atoms with Gasteiger partial charge in [-0.1, -0.05) is 13.0 Å². The van der Waals surface area contributed by atoms with Gasteiger partial charge in [-0.2, -0.15) is 0 Å². The molecule has 1 unspecified atom stereocenters. The number of rotatable bonds is 3. The molecular formula is C12H16FNO2. The first-order chi connectivity index (χ1) is 7.69. The Bertz CT molecular complexity index is 377. The van der Waals surface area contributed by atoms with E-state index in [1.165, 1.54) is 0 Å². The first-order valence-corrected chi connectivity index (χ1v) is 5.36. The van der Waals surface area contributed by atoms with Gasteiger partial charge in [-0.05, 0) is 17.7 Å². The zero-order valence-electron chi connectivity index (χ0n) is 9.33. The number of ether oxygens (including phenoxy) is 2. The van der Waals surface area contributed by atoms with Crippen LogP contribution in [-0.4, -0.2) is 26.4 Å². The van der Waals surface area contributed by atoms with Gasteiger partial charge in [-0.15, -0.1) is 0 Å². The number of halogens is 1. The molecule has 0 amide bonds. The van der Waals surface area contributed by atoms with Gasteiger partial charge in [0.05, 0.1) is 6.67 Å². The lowest BCUT2D eigenvalue weighted by Crippen LogP contribution is -2.34. The van der Waals surface area contributed by atoms with Crippen LogP contribution in [-0.2, 0) is 5.41 Å². The summed E-state index contributed by atoms with van der Waals surface area (Å²) in [6, 6.07) is 5.48. The van der Waals surface area contributed by atoms with Gasteiger partial charge >= 0.3 is 0 Å². The summed E-state index contributed by atoms with van der Waals surface area (Å²) in [4.78, 5) is 0. The fourth-order valence-corrected chi connectivity index (χ4v) is 1.67. The number of benzene rings is 1. The van der Waals surface area contributed by atoms with E-state index in [0.29, 0.717) is 24.7 Å². The molecule has 0 saturated heterocycles.